The summed E-state index contributed by atoms with van der Waals surface area (Å²) in [6, 6.07) is 1.86. The second kappa shape index (κ2) is 5.56. The molecule has 1 aliphatic heterocycles. The van der Waals surface area contributed by atoms with E-state index in [4.69, 9.17) is 5.73 Å². The third kappa shape index (κ3) is 2.95. The Balaban J connectivity index is 2.07. The summed E-state index contributed by atoms with van der Waals surface area (Å²) in [5.41, 5.74) is 6.92. The van der Waals surface area contributed by atoms with Crippen LogP contribution in [-0.2, 0) is 4.79 Å². The number of likely N-dealkylation sites (N-methyl/N-ethyl adjacent to an activating group) is 1. The molecule has 3 N–H and O–H groups in total. The summed E-state index contributed by atoms with van der Waals surface area (Å²) in [6.45, 7) is 4.56. The second-order valence-corrected chi connectivity index (χ2v) is 5.64. The van der Waals surface area contributed by atoms with Gasteiger partial charge in [-0.3, -0.25) is 9.59 Å². The summed E-state index contributed by atoms with van der Waals surface area (Å²) in [5, 5.41) is 2.99. The SMILES string of the molecule is CC(C)n1cc(N)cc1C(=O)NC1CCC(=O)N(C)C1. The van der Waals surface area contributed by atoms with Crippen LogP contribution in [0.3, 0.4) is 0 Å². The van der Waals surface area contributed by atoms with Crippen LogP contribution >= 0.6 is 0 Å². The Hall–Kier alpha value is -1.98. The van der Waals surface area contributed by atoms with Gasteiger partial charge in [0.2, 0.25) is 5.91 Å². The Morgan fingerprint density at radius 2 is 2.20 bits per heavy atom. The number of amides is 2. The quantitative estimate of drug-likeness (QED) is 0.865. The molecule has 1 aliphatic rings. The zero-order valence-corrected chi connectivity index (χ0v) is 12.2. The van der Waals surface area contributed by atoms with Gasteiger partial charge < -0.3 is 20.5 Å². The number of carbonyl (C=O) groups excluding carboxylic acids is 2. The van der Waals surface area contributed by atoms with E-state index in [1.165, 1.54) is 0 Å². The molecule has 0 radical (unpaired) electrons. The summed E-state index contributed by atoms with van der Waals surface area (Å²) in [4.78, 5) is 25.4. The monoisotopic (exact) mass is 278 g/mol. The van der Waals surface area contributed by atoms with Crippen LogP contribution in [0.15, 0.2) is 12.3 Å². The largest absolute Gasteiger partial charge is 0.397 e. The van der Waals surface area contributed by atoms with Crippen LogP contribution in [0.1, 0.15) is 43.2 Å². The molecular weight excluding hydrogens is 256 g/mol. The van der Waals surface area contributed by atoms with E-state index in [-0.39, 0.29) is 23.9 Å². The molecule has 1 unspecified atom stereocenters. The number of hydrogen-bond acceptors (Lipinski definition) is 3. The number of rotatable bonds is 3. The van der Waals surface area contributed by atoms with Gasteiger partial charge in [0.1, 0.15) is 5.69 Å². The van der Waals surface area contributed by atoms with Crippen LogP contribution in [0.4, 0.5) is 5.69 Å². The summed E-state index contributed by atoms with van der Waals surface area (Å²) >= 11 is 0. The second-order valence-electron chi connectivity index (χ2n) is 5.64. The average molecular weight is 278 g/mol. The molecule has 0 spiro atoms. The maximum atomic E-state index is 12.3. The number of likely N-dealkylation sites (tertiary alicyclic amines) is 1. The number of piperidine rings is 1. The highest BCUT2D eigenvalue weighted by molar-refractivity contribution is 5.94. The third-order valence-corrected chi connectivity index (χ3v) is 3.62. The lowest BCUT2D eigenvalue weighted by molar-refractivity contribution is -0.132. The molecule has 0 aromatic carbocycles. The Morgan fingerprint density at radius 3 is 2.80 bits per heavy atom. The molecule has 1 saturated heterocycles. The fraction of sp³-hybridized carbons (Fsp3) is 0.571. The number of anilines is 1. The van der Waals surface area contributed by atoms with Crippen molar-refractivity contribution in [1.29, 1.82) is 0 Å². The van der Waals surface area contributed by atoms with Gasteiger partial charge in [-0.2, -0.15) is 0 Å². The topological polar surface area (TPSA) is 80.4 Å². The number of nitrogen functional groups attached to an aromatic ring is 1. The molecule has 1 aromatic rings. The van der Waals surface area contributed by atoms with E-state index >= 15 is 0 Å². The fourth-order valence-electron chi connectivity index (χ4n) is 2.50. The van der Waals surface area contributed by atoms with E-state index in [2.05, 4.69) is 5.32 Å². The first-order valence-electron chi connectivity index (χ1n) is 6.90. The summed E-state index contributed by atoms with van der Waals surface area (Å²) < 4.78 is 1.86. The highest BCUT2D eigenvalue weighted by Crippen LogP contribution is 2.17. The number of hydrogen-bond donors (Lipinski definition) is 2. The zero-order valence-electron chi connectivity index (χ0n) is 12.2. The molecule has 6 nitrogen and oxygen atoms in total. The highest BCUT2D eigenvalue weighted by atomic mass is 16.2. The molecule has 110 valence electrons. The number of carbonyl (C=O) groups is 2. The molecule has 1 fully saturated rings. The maximum Gasteiger partial charge on any atom is 0.268 e. The van der Waals surface area contributed by atoms with Gasteiger partial charge in [-0.15, -0.1) is 0 Å². The lowest BCUT2D eigenvalue weighted by Gasteiger charge is -2.30. The van der Waals surface area contributed by atoms with Gasteiger partial charge in [0.15, 0.2) is 0 Å². The molecule has 20 heavy (non-hydrogen) atoms. The number of nitrogens with two attached hydrogens (primary N) is 1. The van der Waals surface area contributed by atoms with Crippen molar-refractivity contribution in [3.05, 3.63) is 18.0 Å². The zero-order chi connectivity index (χ0) is 14.9. The number of nitrogens with one attached hydrogen (secondary N) is 1. The minimum absolute atomic E-state index is 0.00179. The number of nitrogens with zero attached hydrogens (tertiary/aromatic N) is 2. The van der Waals surface area contributed by atoms with Gasteiger partial charge in [0, 0.05) is 38.3 Å². The van der Waals surface area contributed by atoms with Gasteiger partial charge in [-0.1, -0.05) is 0 Å². The van der Waals surface area contributed by atoms with Crippen molar-refractivity contribution in [3.63, 3.8) is 0 Å². The maximum absolute atomic E-state index is 12.3. The molecule has 0 bridgehead atoms. The van der Waals surface area contributed by atoms with Crippen LogP contribution in [0.2, 0.25) is 0 Å². The molecule has 0 saturated carbocycles. The minimum atomic E-state index is -0.136. The Bertz CT molecular complexity index is 521. The first-order chi connectivity index (χ1) is 9.38. The predicted octanol–water partition coefficient (Wildman–Crippen LogP) is 1.00. The predicted molar refractivity (Wildman–Crippen MR) is 77.4 cm³/mol. The van der Waals surface area contributed by atoms with Crippen LogP contribution < -0.4 is 11.1 Å². The van der Waals surface area contributed by atoms with E-state index in [0.717, 1.165) is 0 Å². The molecule has 2 heterocycles. The van der Waals surface area contributed by atoms with Crippen molar-refractivity contribution in [2.45, 2.75) is 38.8 Å². The molecule has 0 aliphatic carbocycles. The fourth-order valence-corrected chi connectivity index (χ4v) is 2.50. The molecule has 6 heteroatoms. The Kier molecular flexibility index (Phi) is 4.01. The van der Waals surface area contributed by atoms with Crippen LogP contribution in [-0.4, -0.2) is 40.9 Å². The van der Waals surface area contributed by atoms with Gasteiger partial charge in [0.05, 0.1) is 5.69 Å². The summed E-state index contributed by atoms with van der Waals surface area (Å²) in [5.74, 6) is -0.00607. The number of aromatic nitrogens is 1. The van der Waals surface area contributed by atoms with Gasteiger partial charge in [0.25, 0.3) is 5.91 Å². The van der Waals surface area contributed by atoms with E-state index < -0.39 is 0 Å². The molecule has 1 aromatic heterocycles. The molecule has 1 atom stereocenters. The van der Waals surface area contributed by atoms with Gasteiger partial charge in [-0.05, 0) is 26.3 Å². The van der Waals surface area contributed by atoms with Crippen molar-refractivity contribution in [2.24, 2.45) is 0 Å². The first kappa shape index (κ1) is 14.4. The summed E-state index contributed by atoms with van der Waals surface area (Å²) in [7, 11) is 1.76. The van der Waals surface area contributed by atoms with Crippen molar-refractivity contribution in [2.75, 3.05) is 19.3 Å². The first-order valence-corrected chi connectivity index (χ1v) is 6.90. The van der Waals surface area contributed by atoms with Gasteiger partial charge in [-0.25, -0.2) is 0 Å². The minimum Gasteiger partial charge on any atom is -0.397 e. The van der Waals surface area contributed by atoms with E-state index in [1.807, 2.05) is 18.4 Å². The van der Waals surface area contributed by atoms with Gasteiger partial charge >= 0.3 is 0 Å². The van der Waals surface area contributed by atoms with E-state index in [1.54, 1.807) is 24.2 Å². The van der Waals surface area contributed by atoms with Crippen molar-refractivity contribution in [3.8, 4) is 0 Å². The van der Waals surface area contributed by atoms with Crippen LogP contribution in [0.25, 0.3) is 0 Å². The molecule has 2 amide bonds. The normalized spacial score (nSPS) is 19.5. The Morgan fingerprint density at radius 1 is 1.50 bits per heavy atom. The summed E-state index contributed by atoms with van der Waals surface area (Å²) in [6.07, 6.45) is 2.94. The molecule has 2 rings (SSSR count). The average Bonchev–Trinajstić information content (AvgIpc) is 2.76. The van der Waals surface area contributed by atoms with Crippen LogP contribution in [0, 0.1) is 0 Å². The van der Waals surface area contributed by atoms with Crippen LogP contribution in [0.5, 0.6) is 0 Å². The van der Waals surface area contributed by atoms with E-state index in [9.17, 15) is 9.59 Å². The van der Waals surface area contributed by atoms with Crippen molar-refractivity contribution < 1.29 is 9.59 Å². The standard InChI is InChI=1S/C14H22N4O2/c1-9(2)18-7-10(15)6-12(18)14(20)16-11-4-5-13(19)17(3)8-11/h6-7,9,11H,4-5,8,15H2,1-3H3,(H,16,20). The van der Waals surface area contributed by atoms with Crippen molar-refractivity contribution in [1.82, 2.24) is 14.8 Å². The highest BCUT2D eigenvalue weighted by Gasteiger charge is 2.25. The Labute approximate surface area is 118 Å². The third-order valence-electron chi connectivity index (χ3n) is 3.62. The molecular formula is C14H22N4O2. The smallest absolute Gasteiger partial charge is 0.268 e. The lowest BCUT2D eigenvalue weighted by Crippen LogP contribution is -2.48. The van der Waals surface area contributed by atoms with E-state index in [0.29, 0.717) is 30.8 Å². The van der Waals surface area contributed by atoms with Crippen molar-refractivity contribution >= 4 is 17.5 Å². The lowest BCUT2D eigenvalue weighted by atomic mass is 10.1.